The molecule has 3 nitrogen and oxygen atoms in total. The molecule has 2 rings (SSSR count). The van der Waals surface area contributed by atoms with Gasteiger partial charge in [-0.05, 0) is 37.6 Å². The summed E-state index contributed by atoms with van der Waals surface area (Å²) in [5.41, 5.74) is 1.87. The molecule has 1 atom stereocenters. The first-order chi connectivity index (χ1) is 11.1. The Kier molecular flexibility index (Phi) is 7.05. The summed E-state index contributed by atoms with van der Waals surface area (Å²) in [6, 6.07) is 6.57. The van der Waals surface area contributed by atoms with Gasteiger partial charge in [-0.3, -0.25) is 4.79 Å². The molecule has 0 radical (unpaired) electrons. The van der Waals surface area contributed by atoms with E-state index in [0.717, 1.165) is 29.1 Å². The number of hydrogen-bond donors (Lipinski definition) is 1. The van der Waals surface area contributed by atoms with E-state index < -0.39 is 0 Å². The van der Waals surface area contributed by atoms with Gasteiger partial charge in [0.1, 0.15) is 10.8 Å². The maximum Gasteiger partial charge on any atom is 0.230 e. The van der Waals surface area contributed by atoms with E-state index in [1.54, 1.807) is 23.9 Å². The lowest BCUT2D eigenvalue weighted by Gasteiger charge is -2.12. The maximum atomic E-state index is 12.9. The largest absolute Gasteiger partial charge is 0.353 e. The highest BCUT2D eigenvalue weighted by atomic mass is 32.2. The van der Waals surface area contributed by atoms with Gasteiger partial charge in [-0.1, -0.05) is 13.3 Å². The molecule has 0 saturated heterocycles. The van der Waals surface area contributed by atoms with Crippen molar-refractivity contribution in [3.8, 4) is 10.6 Å². The Labute approximate surface area is 144 Å². The van der Waals surface area contributed by atoms with Gasteiger partial charge in [0, 0.05) is 22.7 Å². The zero-order valence-corrected chi connectivity index (χ0v) is 15.0. The van der Waals surface area contributed by atoms with Gasteiger partial charge in [-0.15, -0.1) is 23.1 Å². The minimum absolute atomic E-state index is 0.0740. The van der Waals surface area contributed by atoms with Gasteiger partial charge in [0.05, 0.1) is 11.4 Å². The molecular formula is C17H21FN2OS2. The SMILES string of the molecule is CCC[C@H](C)NC(=O)CSCc1csc(-c2ccc(F)cc2)n1. The Morgan fingerprint density at radius 3 is 2.83 bits per heavy atom. The van der Waals surface area contributed by atoms with Crippen molar-refractivity contribution in [1.29, 1.82) is 0 Å². The molecule has 1 heterocycles. The first-order valence-corrected chi connectivity index (χ1v) is 9.69. The Hall–Kier alpha value is -1.40. The van der Waals surface area contributed by atoms with Gasteiger partial charge in [0.15, 0.2) is 0 Å². The number of carbonyl (C=O) groups is 1. The Morgan fingerprint density at radius 2 is 2.13 bits per heavy atom. The maximum absolute atomic E-state index is 12.9. The molecule has 0 saturated carbocycles. The minimum atomic E-state index is -0.246. The number of aromatic nitrogens is 1. The summed E-state index contributed by atoms with van der Waals surface area (Å²) in [6.45, 7) is 4.14. The average molecular weight is 352 g/mol. The molecular weight excluding hydrogens is 331 g/mol. The third-order valence-corrected chi connectivity index (χ3v) is 5.16. The molecule has 124 valence electrons. The Morgan fingerprint density at radius 1 is 1.39 bits per heavy atom. The van der Waals surface area contributed by atoms with Crippen LogP contribution in [0.15, 0.2) is 29.6 Å². The number of thiazole rings is 1. The molecule has 1 N–H and O–H groups in total. The summed E-state index contributed by atoms with van der Waals surface area (Å²) in [6.07, 6.45) is 2.07. The van der Waals surface area contributed by atoms with E-state index >= 15 is 0 Å². The molecule has 0 bridgehead atoms. The zero-order valence-electron chi connectivity index (χ0n) is 13.3. The summed E-state index contributed by atoms with van der Waals surface area (Å²) in [7, 11) is 0. The van der Waals surface area contributed by atoms with Crippen molar-refractivity contribution in [3.63, 3.8) is 0 Å². The van der Waals surface area contributed by atoms with Crippen LogP contribution in [0.1, 0.15) is 32.4 Å². The third kappa shape index (κ3) is 5.95. The van der Waals surface area contributed by atoms with Crippen molar-refractivity contribution < 1.29 is 9.18 Å². The van der Waals surface area contributed by atoms with Crippen molar-refractivity contribution in [2.45, 2.75) is 38.5 Å². The number of nitrogens with zero attached hydrogens (tertiary/aromatic N) is 1. The van der Waals surface area contributed by atoms with E-state index in [1.165, 1.54) is 23.5 Å². The van der Waals surface area contributed by atoms with Crippen LogP contribution in [0.2, 0.25) is 0 Å². The fourth-order valence-corrected chi connectivity index (χ4v) is 3.83. The second-order valence-electron chi connectivity index (χ2n) is 5.40. The van der Waals surface area contributed by atoms with E-state index in [1.807, 2.05) is 12.3 Å². The van der Waals surface area contributed by atoms with Crippen LogP contribution in [-0.2, 0) is 10.5 Å². The molecule has 0 fully saturated rings. The molecule has 2 aromatic rings. The zero-order chi connectivity index (χ0) is 16.7. The van der Waals surface area contributed by atoms with Crippen molar-refractivity contribution >= 4 is 29.0 Å². The van der Waals surface area contributed by atoms with Crippen LogP contribution >= 0.6 is 23.1 Å². The van der Waals surface area contributed by atoms with Crippen LogP contribution < -0.4 is 5.32 Å². The number of hydrogen-bond acceptors (Lipinski definition) is 4. The van der Waals surface area contributed by atoms with E-state index in [2.05, 4.69) is 17.2 Å². The van der Waals surface area contributed by atoms with Crippen LogP contribution in [0, 0.1) is 5.82 Å². The smallest absolute Gasteiger partial charge is 0.230 e. The van der Waals surface area contributed by atoms with Crippen LogP contribution in [0.25, 0.3) is 10.6 Å². The van der Waals surface area contributed by atoms with Gasteiger partial charge < -0.3 is 5.32 Å². The lowest BCUT2D eigenvalue weighted by Crippen LogP contribution is -2.33. The molecule has 0 aliphatic rings. The van der Waals surface area contributed by atoms with Crippen molar-refractivity contribution in [2.75, 3.05) is 5.75 Å². The highest BCUT2D eigenvalue weighted by Crippen LogP contribution is 2.25. The number of carbonyl (C=O) groups excluding carboxylic acids is 1. The minimum Gasteiger partial charge on any atom is -0.353 e. The topological polar surface area (TPSA) is 42.0 Å². The highest BCUT2D eigenvalue weighted by molar-refractivity contribution is 7.99. The van der Waals surface area contributed by atoms with Crippen molar-refractivity contribution in [2.24, 2.45) is 0 Å². The molecule has 23 heavy (non-hydrogen) atoms. The normalized spacial score (nSPS) is 12.1. The molecule has 0 aliphatic carbocycles. The molecule has 0 spiro atoms. The number of nitrogens with one attached hydrogen (secondary N) is 1. The van der Waals surface area contributed by atoms with Crippen molar-refractivity contribution in [3.05, 3.63) is 41.2 Å². The number of thioether (sulfide) groups is 1. The number of rotatable bonds is 8. The third-order valence-electron chi connectivity index (χ3n) is 3.26. The van der Waals surface area contributed by atoms with E-state index in [-0.39, 0.29) is 17.8 Å². The van der Waals surface area contributed by atoms with Gasteiger partial charge in [0.25, 0.3) is 0 Å². The fraction of sp³-hybridized carbons (Fsp3) is 0.412. The van der Waals surface area contributed by atoms with Gasteiger partial charge >= 0.3 is 0 Å². The molecule has 1 aromatic carbocycles. The molecule has 1 aromatic heterocycles. The summed E-state index contributed by atoms with van der Waals surface area (Å²) in [4.78, 5) is 16.3. The van der Waals surface area contributed by atoms with Gasteiger partial charge in [-0.25, -0.2) is 9.37 Å². The Balaban J connectivity index is 1.79. The standard InChI is InChI=1S/C17H21FN2OS2/c1-3-4-12(2)19-16(21)11-22-9-15-10-23-17(20-15)13-5-7-14(18)8-6-13/h5-8,10,12H,3-4,9,11H2,1-2H3,(H,19,21)/t12-/m0/s1. The second-order valence-corrected chi connectivity index (χ2v) is 7.24. The van der Waals surface area contributed by atoms with E-state index in [9.17, 15) is 9.18 Å². The lowest BCUT2D eigenvalue weighted by atomic mass is 10.2. The van der Waals surface area contributed by atoms with Gasteiger partial charge in [-0.2, -0.15) is 0 Å². The fourth-order valence-electron chi connectivity index (χ4n) is 2.17. The number of amides is 1. The van der Waals surface area contributed by atoms with Crippen LogP contribution in [-0.4, -0.2) is 22.7 Å². The lowest BCUT2D eigenvalue weighted by molar-refractivity contribution is -0.119. The summed E-state index contributed by atoms with van der Waals surface area (Å²) in [5.74, 6) is 0.972. The van der Waals surface area contributed by atoms with E-state index in [4.69, 9.17) is 0 Å². The second kappa shape index (κ2) is 9.03. The van der Waals surface area contributed by atoms with Crippen LogP contribution in [0.3, 0.4) is 0 Å². The molecule has 1 amide bonds. The number of benzene rings is 1. The first kappa shape index (κ1) is 17.9. The summed E-state index contributed by atoms with van der Waals surface area (Å²) in [5, 5.41) is 5.86. The molecule has 0 unspecified atom stereocenters. The number of halogens is 1. The summed E-state index contributed by atoms with van der Waals surface area (Å²) >= 11 is 3.09. The van der Waals surface area contributed by atoms with Crippen LogP contribution in [0.5, 0.6) is 0 Å². The summed E-state index contributed by atoms with van der Waals surface area (Å²) < 4.78 is 12.9. The van der Waals surface area contributed by atoms with Gasteiger partial charge in [0.2, 0.25) is 5.91 Å². The monoisotopic (exact) mass is 352 g/mol. The average Bonchev–Trinajstić information content (AvgIpc) is 2.97. The Bertz CT molecular complexity index is 628. The van der Waals surface area contributed by atoms with E-state index in [0.29, 0.717) is 11.5 Å². The first-order valence-electron chi connectivity index (χ1n) is 7.66. The van der Waals surface area contributed by atoms with Crippen molar-refractivity contribution in [1.82, 2.24) is 10.3 Å². The molecule has 0 aliphatic heterocycles. The predicted octanol–water partition coefficient (Wildman–Crippen LogP) is 4.49. The quantitative estimate of drug-likeness (QED) is 0.761. The van der Waals surface area contributed by atoms with Crippen LogP contribution in [0.4, 0.5) is 4.39 Å². The predicted molar refractivity (Wildman–Crippen MR) is 96.2 cm³/mol. The molecule has 6 heteroatoms. The highest BCUT2D eigenvalue weighted by Gasteiger charge is 2.08.